The number of benzene rings is 4. The van der Waals surface area contributed by atoms with E-state index in [0.29, 0.717) is 0 Å². The lowest BCUT2D eigenvalue weighted by Crippen LogP contribution is -2.69. The van der Waals surface area contributed by atoms with Crippen LogP contribution in [0.1, 0.15) is 54.0 Å². The molecule has 5 atom stereocenters. The maximum absolute atomic E-state index is 13.8. The minimum Gasteiger partial charge on any atom is -0.457 e. The van der Waals surface area contributed by atoms with Crippen LogP contribution in [0.25, 0.3) is 0 Å². The van der Waals surface area contributed by atoms with Crippen LogP contribution in [0, 0.1) is 0 Å². The maximum Gasteiger partial charge on any atom is 0.303 e. The van der Waals surface area contributed by atoms with Crippen molar-refractivity contribution in [3.63, 3.8) is 0 Å². The number of rotatable bonds is 10. The molecule has 1 saturated heterocycles. The molecular weight excluding hydrogens is 639 g/mol. The van der Waals surface area contributed by atoms with Crippen LogP contribution in [0.15, 0.2) is 115 Å². The Kier molecular flexibility index (Phi) is 9.96. The summed E-state index contributed by atoms with van der Waals surface area (Å²) < 4.78 is 25.7. The van der Waals surface area contributed by atoms with Crippen LogP contribution in [0.4, 0.5) is 0 Å². The standard InChI is InChI=1S/C39H41NO8Si/c1-26(41)47-35-33(40-36(43)30-22-14-15-23-31(30)37(40)44)38(45-24-27-16-8-5-9-17-27)48-32(34(35)42)25-46-49(39(2,3)4,28-18-10-6-11-19-28)29-20-12-7-13-21-29/h5-23,32-35,38,42H,24-25H2,1-4H3/t32-,33-,34-,35-,38-/m1/s1. The van der Waals surface area contributed by atoms with Crippen molar-refractivity contribution in [2.75, 3.05) is 6.61 Å². The molecule has 2 heterocycles. The predicted molar refractivity (Wildman–Crippen MR) is 186 cm³/mol. The van der Waals surface area contributed by atoms with Gasteiger partial charge < -0.3 is 23.7 Å². The van der Waals surface area contributed by atoms with Crippen LogP contribution >= 0.6 is 0 Å². The van der Waals surface area contributed by atoms with Crippen molar-refractivity contribution < 1.29 is 38.1 Å². The molecule has 6 rings (SSSR count). The van der Waals surface area contributed by atoms with Crippen LogP contribution in [-0.2, 0) is 30.0 Å². The molecule has 0 aliphatic carbocycles. The Morgan fingerprint density at radius 3 is 1.78 bits per heavy atom. The summed E-state index contributed by atoms with van der Waals surface area (Å²) in [7, 11) is -3.08. The summed E-state index contributed by atoms with van der Waals surface area (Å²) in [6.07, 6.45) is -5.18. The number of esters is 1. The van der Waals surface area contributed by atoms with Gasteiger partial charge in [0.15, 0.2) is 12.4 Å². The van der Waals surface area contributed by atoms with Crippen LogP contribution in [0.3, 0.4) is 0 Å². The molecule has 0 unspecified atom stereocenters. The first-order valence-corrected chi connectivity index (χ1v) is 18.3. The Morgan fingerprint density at radius 1 is 0.796 bits per heavy atom. The Hall–Kier alpha value is -4.45. The second-order valence-electron chi connectivity index (χ2n) is 13.4. The highest BCUT2D eigenvalue weighted by Gasteiger charge is 2.57. The van der Waals surface area contributed by atoms with Crippen molar-refractivity contribution in [1.82, 2.24) is 4.90 Å². The van der Waals surface area contributed by atoms with E-state index in [1.54, 1.807) is 24.3 Å². The van der Waals surface area contributed by atoms with Gasteiger partial charge in [0, 0.05) is 6.92 Å². The fraction of sp³-hybridized carbons (Fsp3) is 0.308. The number of aliphatic hydroxyl groups is 1. The van der Waals surface area contributed by atoms with Crippen LogP contribution in [-0.4, -0.2) is 73.4 Å². The number of carbonyl (C=O) groups is 3. The molecule has 9 nitrogen and oxygen atoms in total. The molecule has 0 radical (unpaired) electrons. The van der Waals surface area contributed by atoms with Gasteiger partial charge in [-0.1, -0.05) is 124 Å². The van der Waals surface area contributed by atoms with E-state index in [-0.39, 0.29) is 29.4 Å². The minimum absolute atomic E-state index is 0.0658. The largest absolute Gasteiger partial charge is 0.457 e. The Labute approximate surface area is 287 Å². The number of hydrogen-bond donors (Lipinski definition) is 1. The number of ether oxygens (including phenoxy) is 3. The topological polar surface area (TPSA) is 112 Å². The van der Waals surface area contributed by atoms with Gasteiger partial charge in [0.1, 0.15) is 18.2 Å². The number of imide groups is 1. The molecule has 1 N–H and O–H groups in total. The van der Waals surface area contributed by atoms with Gasteiger partial charge in [0.05, 0.1) is 24.3 Å². The SMILES string of the molecule is CC(=O)O[C@H]1[C@H](O)[C@@H](CO[Si](c2ccccc2)(c2ccccc2)C(C)(C)C)O[C@@H](OCc2ccccc2)[C@@H]1N1C(=O)c2ccccc2C1=O. The lowest BCUT2D eigenvalue weighted by molar-refractivity contribution is -0.284. The minimum atomic E-state index is -3.08. The normalized spacial score (nSPS) is 22.6. The van der Waals surface area contributed by atoms with Gasteiger partial charge in [-0.3, -0.25) is 19.3 Å². The monoisotopic (exact) mass is 679 g/mol. The van der Waals surface area contributed by atoms with E-state index in [9.17, 15) is 19.5 Å². The lowest BCUT2D eigenvalue weighted by Gasteiger charge is -2.48. The zero-order chi connectivity index (χ0) is 34.8. The highest BCUT2D eigenvalue weighted by Crippen LogP contribution is 2.39. The molecule has 0 aromatic heterocycles. The molecule has 10 heteroatoms. The summed E-state index contributed by atoms with van der Waals surface area (Å²) in [6, 6.07) is 34.7. The Morgan fingerprint density at radius 2 is 1.29 bits per heavy atom. The number of aliphatic hydroxyl groups excluding tert-OH is 1. The highest BCUT2D eigenvalue weighted by atomic mass is 28.4. The van der Waals surface area contributed by atoms with E-state index in [4.69, 9.17) is 18.6 Å². The summed E-state index contributed by atoms with van der Waals surface area (Å²) in [5, 5.41) is 13.7. The summed E-state index contributed by atoms with van der Waals surface area (Å²) in [5.41, 5.74) is 1.24. The molecule has 254 valence electrons. The number of hydrogen-bond acceptors (Lipinski definition) is 8. The third kappa shape index (κ3) is 6.62. The van der Waals surface area contributed by atoms with Gasteiger partial charge in [0.25, 0.3) is 20.1 Å². The molecule has 2 aliphatic rings. The van der Waals surface area contributed by atoms with Crippen molar-refractivity contribution in [2.45, 2.75) is 70.0 Å². The summed E-state index contributed by atoms with van der Waals surface area (Å²) >= 11 is 0. The second-order valence-corrected chi connectivity index (χ2v) is 17.7. The molecular formula is C39H41NO8Si. The van der Waals surface area contributed by atoms with Crippen LogP contribution < -0.4 is 10.4 Å². The third-order valence-corrected chi connectivity index (χ3v) is 14.2. The first-order valence-electron chi connectivity index (χ1n) is 16.4. The summed E-state index contributed by atoms with van der Waals surface area (Å²) in [4.78, 5) is 41.1. The van der Waals surface area contributed by atoms with E-state index in [1.807, 2.05) is 66.7 Å². The van der Waals surface area contributed by atoms with Crippen molar-refractivity contribution >= 4 is 36.5 Å². The fourth-order valence-electron chi connectivity index (χ4n) is 6.98. The summed E-state index contributed by atoms with van der Waals surface area (Å²) in [6.45, 7) is 7.62. The van der Waals surface area contributed by atoms with E-state index < -0.39 is 56.7 Å². The lowest BCUT2D eigenvalue weighted by atomic mass is 9.95. The molecule has 4 aromatic carbocycles. The highest BCUT2D eigenvalue weighted by molar-refractivity contribution is 6.99. The number of fused-ring (bicyclic) bond motifs is 1. The average molecular weight is 680 g/mol. The molecule has 4 aromatic rings. The van der Waals surface area contributed by atoms with E-state index in [1.165, 1.54) is 6.92 Å². The molecule has 1 fully saturated rings. The van der Waals surface area contributed by atoms with Crippen molar-refractivity contribution in [1.29, 1.82) is 0 Å². The number of amides is 2. The van der Waals surface area contributed by atoms with Gasteiger partial charge in [-0.15, -0.1) is 0 Å². The Bertz CT molecular complexity index is 1700. The molecule has 0 spiro atoms. The zero-order valence-electron chi connectivity index (χ0n) is 28.0. The smallest absolute Gasteiger partial charge is 0.303 e. The number of nitrogens with zero attached hydrogens (tertiary/aromatic N) is 1. The van der Waals surface area contributed by atoms with E-state index >= 15 is 0 Å². The molecule has 2 amide bonds. The van der Waals surface area contributed by atoms with E-state index in [2.05, 4.69) is 45.0 Å². The maximum atomic E-state index is 13.8. The van der Waals surface area contributed by atoms with Gasteiger partial charge in [-0.25, -0.2) is 0 Å². The van der Waals surface area contributed by atoms with Crippen molar-refractivity contribution in [3.8, 4) is 0 Å². The average Bonchev–Trinajstić information content (AvgIpc) is 3.35. The molecule has 0 bridgehead atoms. The van der Waals surface area contributed by atoms with Gasteiger partial charge >= 0.3 is 5.97 Å². The van der Waals surface area contributed by atoms with Crippen LogP contribution in [0.5, 0.6) is 0 Å². The first kappa shape index (κ1) is 34.4. The quantitative estimate of drug-likeness (QED) is 0.149. The fourth-order valence-corrected chi connectivity index (χ4v) is 11.5. The third-order valence-electron chi connectivity index (χ3n) is 9.21. The van der Waals surface area contributed by atoms with Gasteiger partial charge in [-0.2, -0.15) is 0 Å². The Balaban J connectivity index is 1.39. The second kappa shape index (κ2) is 14.2. The first-order chi connectivity index (χ1) is 23.5. The van der Waals surface area contributed by atoms with E-state index in [0.717, 1.165) is 20.8 Å². The molecule has 2 aliphatic heterocycles. The van der Waals surface area contributed by atoms with Crippen molar-refractivity contribution in [3.05, 3.63) is 132 Å². The van der Waals surface area contributed by atoms with Gasteiger partial charge in [0.2, 0.25) is 0 Å². The van der Waals surface area contributed by atoms with Crippen molar-refractivity contribution in [2.24, 2.45) is 0 Å². The molecule has 0 saturated carbocycles. The predicted octanol–water partition coefficient (Wildman–Crippen LogP) is 4.46. The summed E-state index contributed by atoms with van der Waals surface area (Å²) in [5.74, 6) is -1.87. The van der Waals surface area contributed by atoms with Gasteiger partial charge in [-0.05, 0) is 33.1 Å². The molecule has 49 heavy (non-hydrogen) atoms. The zero-order valence-corrected chi connectivity index (χ0v) is 29.0. The van der Waals surface area contributed by atoms with Crippen LogP contribution in [0.2, 0.25) is 5.04 Å². The number of carbonyl (C=O) groups excluding carboxylic acids is 3.